The molecule has 0 saturated heterocycles. The summed E-state index contributed by atoms with van der Waals surface area (Å²) in [6, 6.07) is 5.23. The highest BCUT2D eigenvalue weighted by Crippen LogP contribution is 2.17. The van der Waals surface area contributed by atoms with Crippen molar-refractivity contribution in [3.63, 3.8) is 0 Å². The Bertz CT molecular complexity index is 380. The van der Waals surface area contributed by atoms with Crippen molar-refractivity contribution in [1.82, 2.24) is 4.90 Å². The molecular formula is C14H24ClFN2. The minimum atomic E-state index is -0.131. The minimum Gasteiger partial charge on any atom is -0.330 e. The Morgan fingerprint density at radius 3 is 2.50 bits per heavy atom. The van der Waals surface area contributed by atoms with E-state index in [-0.39, 0.29) is 23.6 Å². The third kappa shape index (κ3) is 5.34. The van der Waals surface area contributed by atoms with Crippen LogP contribution >= 0.6 is 12.4 Å². The molecule has 0 aliphatic rings. The Hall–Kier alpha value is -0.640. The zero-order chi connectivity index (χ0) is 13.1. The number of aryl methyl sites for hydroxylation is 1. The molecule has 0 radical (unpaired) electrons. The lowest BCUT2D eigenvalue weighted by molar-refractivity contribution is 0.208. The van der Waals surface area contributed by atoms with Crippen LogP contribution in [-0.2, 0) is 6.54 Å². The van der Waals surface area contributed by atoms with E-state index in [4.69, 9.17) is 5.73 Å². The quantitative estimate of drug-likeness (QED) is 0.894. The monoisotopic (exact) mass is 274 g/mol. The van der Waals surface area contributed by atoms with Gasteiger partial charge in [-0.05, 0) is 32.0 Å². The number of halogens is 2. The number of nitrogens with two attached hydrogens (primary N) is 1. The molecule has 0 aliphatic heterocycles. The van der Waals surface area contributed by atoms with E-state index in [9.17, 15) is 4.39 Å². The van der Waals surface area contributed by atoms with Gasteiger partial charge < -0.3 is 10.6 Å². The van der Waals surface area contributed by atoms with Gasteiger partial charge in [0.2, 0.25) is 0 Å². The summed E-state index contributed by atoms with van der Waals surface area (Å²) in [4.78, 5) is 2.12. The lowest BCUT2D eigenvalue weighted by Crippen LogP contribution is -2.36. The predicted octanol–water partition coefficient (Wildman–Crippen LogP) is 2.97. The highest BCUT2D eigenvalue weighted by atomic mass is 35.5. The van der Waals surface area contributed by atoms with Crippen LogP contribution in [0, 0.1) is 18.2 Å². The Morgan fingerprint density at radius 2 is 1.94 bits per heavy atom. The van der Waals surface area contributed by atoms with Gasteiger partial charge in [-0.3, -0.25) is 0 Å². The Balaban J connectivity index is 0.00000289. The average Bonchev–Trinajstić information content (AvgIpc) is 2.23. The van der Waals surface area contributed by atoms with Gasteiger partial charge in [-0.15, -0.1) is 12.4 Å². The van der Waals surface area contributed by atoms with Gasteiger partial charge in [0.25, 0.3) is 0 Å². The van der Waals surface area contributed by atoms with Gasteiger partial charge in [0, 0.05) is 18.7 Å². The topological polar surface area (TPSA) is 29.3 Å². The molecule has 1 aromatic carbocycles. The van der Waals surface area contributed by atoms with Crippen molar-refractivity contribution in [1.29, 1.82) is 0 Å². The summed E-state index contributed by atoms with van der Waals surface area (Å²) in [5.74, 6) is -0.131. The van der Waals surface area contributed by atoms with E-state index in [1.165, 1.54) is 6.07 Å². The molecule has 104 valence electrons. The van der Waals surface area contributed by atoms with Crippen LogP contribution in [0.2, 0.25) is 0 Å². The molecule has 0 amide bonds. The summed E-state index contributed by atoms with van der Waals surface area (Å²) in [5, 5.41) is 0. The zero-order valence-corrected chi connectivity index (χ0v) is 12.5. The lowest BCUT2D eigenvalue weighted by Gasteiger charge is -2.29. The molecule has 0 atom stereocenters. The van der Waals surface area contributed by atoms with E-state index in [1.807, 2.05) is 20.0 Å². The molecule has 0 fully saturated rings. The fourth-order valence-electron chi connectivity index (χ4n) is 1.97. The van der Waals surface area contributed by atoms with Crippen LogP contribution in [0.5, 0.6) is 0 Å². The van der Waals surface area contributed by atoms with Crippen LogP contribution in [0.3, 0.4) is 0 Å². The molecule has 1 aromatic rings. The van der Waals surface area contributed by atoms with Gasteiger partial charge in [-0.1, -0.05) is 31.5 Å². The summed E-state index contributed by atoms with van der Waals surface area (Å²) < 4.78 is 13.6. The minimum absolute atomic E-state index is 0. The van der Waals surface area contributed by atoms with Gasteiger partial charge in [0.05, 0.1) is 0 Å². The van der Waals surface area contributed by atoms with Gasteiger partial charge in [-0.2, -0.15) is 0 Å². The second-order valence-electron chi connectivity index (χ2n) is 5.64. The maximum atomic E-state index is 13.6. The van der Waals surface area contributed by atoms with Crippen molar-refractivity contribution in [3.8, 4) is 0 Å². The van der Waals surface area contributed by atoms with Crippen LogP contribution in [0.1, 0.15) is 25.0 Å². The second kappa shape index (κ2) is 7.07. The van der Waals surface area contributed by atoms with E-state index in [0.717, 1.165) is 17.7 Å². The summed E-state index contributed by atoms with van der Waals surface area (Å²) in [5.41, 5.74) is 7.61. The summed E-state index contributed by atoms with van der Waals surface area (Å²) >= 11 is 0. The number of nitrogens with zero attached hydrogens (tertiary/aromatic N) is 1. The molecule has 0 saturated carbocycles. The maximum Gasteiger partial charge on any atom is 0.127 e. The van der Waals surface area contributed by atoms with E-state index >= 15 is 0 Å². The predicted molar refractivity (Wildman–Crippen MR) is 77.6 cm³/mol. The molecule has 0 spiro atoms. The van der Waals surface area contributed by atoms with Crippen molar-refractivity contribution in [2.75, 3.05) is 20.1 Å². The van der Waals surface area contributed by atoms with Gasteiger partial charge >= 0.3 is 0 Å². The Labute approximate surface area is 116 Å². The van der Waals surface area contributed by atoms with E-state index in [1.54, 1.807) is 6.07 Å². The van der Waals surface area contributed by atoms with Crippen molar-refractivity contribution in [2.24, 2.45) is 11.1 Å². The summed E-state index contributed by atoms with van der Waals surface area (Å²) in [6.07, 6.45) is 0. The summed E-state index contributed by atoms with van der Waals surface area (Å²) in [7, 11) is 2.00. The van der Waals surface area contributed by atoms with Crippen LogP contribution in [-0.4, -0.2) is 25.0 Å². The summed E-state index contributed by atoms with van der Waals surface area (Å²) in [6.45, 7) is 8.33. The first-order chi connectivity index (χ1) is 7.84. The third-order valence-corrected chi connectivity index (χ3v) is 2.89. The first kappa shape index (κ1) is 17.4. The fourth-order valence-corrected chi connectivity index (χ4v) is 1.97. The van der Waals surface area contributed by atoms with E-state index in [2.05, 4.69) is 18.7 Å². The highest BCUT2D eigenvalue weighted by molar-refractivity contribution is 5.85. The smallest absolute Gasteiger partial charge is 0.127 e. The van der Waals surface area contributed by atoms with Gasteiger partial charge in [-0.25, -0.2) is 4.39 Å². The van der Waals surface area contributed by atoms with Gasteiger partial charge in [0.15, 0.2) is 0 Å². The Kier molecular flexibility index (Phi) is 6.82. The molecule has 0 aliphatic carbocycles. The first-order valence-corrected chi connectivity index (χ1v) is 5.98. The Morgan fingerprint density at radius 1 is 1.33 bits per heavy atom. The van der Waals surface area contributed by atoms with Crippen molar-refractivity contribution >= 4 is 12.4 Å². The largest absolute Gasteiger partial charge is 0.330 e. The number of benzene rings is 1. The fraction of sp³-hybridized carbons (Fsp3) is 0.571. The van der Waals surface area contributed by atoms with Crippen LogP contribution in [0.4, 0.5) is 4.39 Å². The van der Waals surface area contributed by atoms with Crippen molar-refractivity contribution < 1.29 is 4.39 Å². The second-order valence-corrected chi connectivity index (χ2v) is 5.64. The van der Waals surface area contributed by atoms with Crippen LogP contribution in [0.25, 0.3) is 0 Å². The average molecular weight is 275 g/mol. The first-order valence-electron chi connectivity index (χ1n) is 5.98. The molecule has 0 aromatic heterocycles. The third-order valence-electron chi connectivity index (χ3n) is 2.89. The molecule has 2 nitrogen and oxygen atoms in total. The molecule has 0 heterocycles. The molecule has 0 unspecified atom stereocenters. The number of hydrogen-bond donors (Lipinski definition) is 1. The van der Waals surface area contributed by atoms with Crippen LogP contribution < -0.4 is 5.73 Å². The molecule has 0 bridgehead atoms. The van der Waals surface area contributed by atoms with E-state index in [0.29, 0.717) is 13.1 Å². The number of hydrogen-bond acceptors (Lipinski definition) is 2. The molecule has 2 N–H and O–H groups in total. The molecule has 1 rings (SSSR count). The van der Waals surface area contributed by atoms with Crippen molar-refractivity contribution in [3.05, 3.63) is 35.1 Å². The van der Waals surface area contributed by atoms with Gasteiger partial charge in [0.1, 0.15) is 5.82 Å². The molecular weight excluding hydrogens is 251 g/mol. The van der Waals surface area contributed by atoms with E-state index < -0.39 is 0 Å². The standard InChI is InChI=1S/C14H23FN2.ClH/c1-11-5-6-13(15)12(7-11)8-17(4)10-14(2,3)9-16;/h5-7H,8-10,16H2,1-4H3;1H. The normalized spacial score (nSPS) is 11.5. The maximum absolute atomic E-state index is 13.6. The lowest BCUT2D eigenvalue weighted by atomic mass is 9.93. The zero-order valence-electron chi connectivity index (χ0n) is 11.7. The van der Waals surface area contributed by atoms with Crippen LogP contribution in [0.15, 0.2) is 18.2 Å². The molecule has 4 heteroatoms. The number of rotatable bonds is 5. The SMILES string of the molecule is Cc1ccc(F)c(CN(C)CC(C)(C)CN)c1.Cl. The molecule has 18 heavy (non-hydrogen) atoms. The highest BCUT2D eigenvalue weighted by Gasteiger charge is 2.18. The van der Waals surface area contributed by atoms with Crippen molar-refractivity contribution in [2.45, 2.75) is 27.3 Å².